The van der Waals surface area contributed by atoms with Gasteiger partial charge in [-0.2, -0.15) is 4.57 Å². The molecule has 2 nitrogen and oxygen atoms in total. The van der Waals surface area contributed by atoms with Crippen molar-refractivity contribution in [1.29, 1.82) is 0 Å². The number of rotatable bonds is 0. The number of benzene rings is 3. The average Bonchev–Trinajstić information content (AvgIpc) is 3.17. The van der Waals surface area contributed by atoms with E-state index in [2.05, 4.69) is 89.8 Å². The van der Waals surface area contributed by atoms with Crippen LogP contribution in [0.25, 0.3) is 44.0 Å². The zero-order valence-corrected chi connectivity index (χ0v) is 15.0. The van der Waals surface area contributed by atoms with Gasteiger partial charge in [-0.25, -0.2) is 0 Å². The quantitative estimate of drug-likeness (QED) is 0.341. The lowest BCUT2D eigenvalue weighted by Gasteiger charge is -2.03. The second-order valence-electron chi connectivity index (χ2n) is 7.42. The third-order valence-electron chi connectivity index (χ3n) is 6.01. The Bertz CT molecular complexity index is 1370. The van der Waals surface area contributed by atoms with Crippen molar-refractivity contribution in [3.8, 4) is 11.3 Å². The summed E-state index contributed by atoms with van der Waals surface area (Å²) in [6, 6.07) is 24.6. The number of para-hydroxylation sites is 2. The summed E-state index contributed by atoms with van der Waals surface area (Å²) in [6.07, 6.45) is 0. The molecule has 3 heterocycles. The van der Waals surface area contributed by atoms with Crippen LogP contribution in [0.15, 0.2) is 66.7 Å². The first-order chi connectivity index (χ1) is 12.7. The lowest BCUT2D eigenvalue weighted by molar-refractivity contribution is -0.645. The maximum atomic E-state index is 2.47. The Labute approximate surface area is 151 Å². The highest BCUT2D eigenvalue weighted by Crippen LogP contribution is 2.37. The van der Waals surface area contributed by atoms with Gasteiger partial charge in [0.15, 0.2) is 6.54 Å². The van der Waals surface area contributed by atoms with Gasteiger partial charge in [0.2, 0.25) is 11.2 Å². The van der Waals surface area contributed by atoms with Gasteiger partial charge in [0.1, 0.15) is 0 Å². The molecule has 0 atom stereocenters. The van der Waals surface area contributed by atoms with E-state index in [1.807, 2.05) is 0 Å². The minimum atomic E-state index is 0.947. The van der Waals surface area contributed by atoms with Gasteiger partial charge in [-0.05, 0) is 36.8 Å². The Kier molecular flexibility index (Phi) is 2.56. The molecule has 3 aromatic carbocycles. The predicted molar refractivity (Wildman–Crippen MR) is 107 cm³/mol. The molecular formula is C24H19N2+. The SMILES string of the molecule is Cc1cc2[n+](c3ccccc13)Cc1cc3c(cc1-2)c1ccccc1n3C. The molecule has 2 heteroatoms. The minimum Gasteiger partial charge on any atom is -0.344 e. The monoisotopic (exact) mass is 335 g/mol. The standard InChI is InChI=1S/C24H19N2/c1-15-11-24-19-13-20-18-8-4-5-9-21(18)25(2)23(20)12-16(19)14-26(24)22-10-6-3-7-17(15)22/h3-13H,14H2,1-2H3/q+1. The summed E-state index contributed by atoms with van der Waals surface area (Å²) in [5.41, 5.74) is 9.42. The molecule has 0 amide bonds. The first-order valence-corrected chi connectivity index (χ1v) is 9.15. The van der Waals surface area contributed by atoms with Crippen molar-refractivity contribution in [2.45, 2.75) is 13.5 Å². The van der Waals surface area contributed by atoms with Crippen molar-refractivity contribution < 1.29 is 4.57 Å². The van der Waals surface area contributed by atoms with Crippen molar-refractivity contribution in [2.75, 3.05) is 0 Å². The van der Waals surface area contributed by atoms with E-state index >= 15 is 0 Å². The van der Waals surface area contributed by atoms with Crippen LogP contribution in [-0.4, -0.2) is 4.57 Å². The summed E-state index contributed by atoms with van der Waals surface area (Å²) >= 11 is 0. The number of hydrogen-bond acceptors (Lipinski definition) is 0. The molecule has 0 bridgehead atoms. The number of nitrogens with zero attached hydrogens (tertiary/aromatic N) is 2. The van der Waals surface area contributed by atoms with E-state index in [-0.39, 0.29) is 0 Å². The third kappa shape index (κ3) is 1.64. The highest BCUT2D eigenvalue weighted by atomic mass is 15.0. The summed E-state index contributed by atoms with van der Waals surface area (Å²) < 4.78 is 4.79. The van der Waals surface area contributed by atoms with Gasteiger partial charge in [0.25, 0.3) is 0 Å². The first-order valence-electron chi connectivity index (χ1n) is 9.15. The molecule has 0 fully saturated rings. The van der Waals surface area contributed by atoms with Gasteiger partial charge in [-0.1, -0.05) is 30.3 Å². The topological polar surface area (TPSA) is 8.81 Å². The number of aryl methyl sites for hydroxylation is 2. The van der Waals surface area contributed by atoms with E-state index in [0.29, 0.717) is 0 Å². The molecule has 0 saturated carbocycles. The number of fused-ring (bicyclic) bond motifs is 8. The predicted octanol–water partition coefficient (Wildman–Crippen LogP) is 5.11. The minimum absolute atomic E-state index is 0.947. The molecule has 0 radical (unpaired) electrons. The molecule has 0 N–H and O–H groups in total. The van der Waals surface area contributed by atoms with E-state index in [9.17, 15) is 0 Å². The molecule has 6 rings (SSSR count). The van der Waals surface area contributed by atoms with Gasteiger partial charge in [0.05, 0.1) is 5.56 Å². The Morgan fingerprint density at radius 2 is 1.58 bits per heavy atom. The highest BCUT2D eigenvalue weighted by molar-refractivity contribution is 6.09. The highest BCUT2D eigenvalue weighted by Gasteiger charge is 2.30. The number of hydrogen-bond donors (Lipinski definition) is 0. The van der Waals surface area contributed by atoms with Crippen LogP contribution in [0.5, 0.6) is 0 Å². The van der Waals surface area contributed by atoms with Crippen LogP contribution in [0.3, 0.4) is 0 Å². The van der Waals surface area contributed by atoms with Gasteiger partial charge >= 0.3 is 0 Å². The molecule has 1 aliphatic heterocycles. The first kappa shape index (κ1) is 14.1. The summed E-state index contributed by atoms with van der Waals surface area (Å²) in [5, 5.41) is 4.03. The fourth-order valence-corrected chi connectivity index (χ4v) is 4.71. The maximum Gasteiger partial charge on any atom is 0.214 e. The van der Waals surface area contributed by atoms with Crippen LogP contribution in [-0.2, 0) is 13.6 Å². The maximum absolute atomic E-state index is 2.47. The smallest absolute Gasteiger partial charge is 0.214 e. The molecule has 2 aromatic heterocycles. The van der Waals surface area contributed by atoms with Crippen LogP contribution >= 0.6 is 0 Å². The van der Waals surface area contributed by atoms with Gasteiger partial charge in [-0.15, -0.1) is 0 Å². The molecule has 5 aromatic rings. The Hall–Kier alpha value is -3.13. The average molecular weight is 335 g/mol. The summed E-state index contributed by atoms with van der Waals surface area (Å²) in [6.45, 7) is 3.17. The van der Waals surface area contributed by atoms with Crippen LogP contribution < -0.4 is 4.57 Å². The molecule has 0 saturated heterocycles. The number of aromatic nitrogens is 2. The Morgan fingerprint density at radius 1 is 0.808 bits per heavy atom. The van der Waals surface area contributed by atoms with E-state index in [4.69, 9.17) is 0 Å². The van der Waals surface area contributed by atoms with Crippen LogP contribution in [0.2, 0.25) is 0 Å². The lowest BCUT2D eigenvalue weighted by Crippen LogP contribution is -2.33. The zero-order chi connectivity index (χ0) is 17.4. The van der Waals surface area contributed by atoms with Crippen molar-refractivity contribution in [3.05, 3.63) is 77.9 Å². The molecule has 0 aliphatic carbocycles. The van der Waals surface area contributed by atoms with Crippen molar-refractivity contribution >= 4 is 32.7 Å². The van der Waals surface area contributed by atoms with E-state index in [0.717, 1.165) is 6.54 Å². The van der Waals surface area contributed by atoms with E-state index in [1.165, 1.54) is 55.1 Å². The third-order valence-corrected chi connectivity index (χ3v) is 6.01. The zero-order valence-electron chi connectivity index (χ0n) is 15.0. The second kappa shape index (κ2) is 4.73. The van der Waals surface area contributed by atoms with Crippen molar-refractivity contribution in [3.63, 3.8) is 0 Å². The molecule has 0 spiro atoms. The summed E-state index contributed by atoms with van der Waals surface area (Å²) in [7, 11) is 2.17. The van der Waals surface area contributed by atoms with Gasteiger partial charge in [0, 0.05) is 51.9 Å². The molecule has 0 unspecified atom stereocenters. The Balaban J connectivity index is 1.74. The molecule has 1 aliphatic rings. The van der Waals surface area contributed by atoms with Gasteiger partial charge in [-0.3, -0.25) is 0 Å². The second-order valence-corrected chi connectivity index (χ2v) is 7.42. The molecule has 124 valence electrons. The normalized spacial score (nSPS) is 12.8. The van der Waals surface area contributed by atoms with Crippen molar-refractivity contribution in [2.24, 2.45) is 7.05 Å². The van der Waals surface area contributed by atoms with Gasteiger partial charge < -0.3 is 4.57 Å². The van der Waals surface area contributed by atoms with Crippen molar-refractivity contribution in [1.82, 2.24) is 4.57 Å². The summed E-state index contributed by atoms with van der Waals surface area (Å²) in [5.74, 6) is 0. The summed E-state index contributed by atoms with van der Waals surface area (Å²) in [4.78, 5) is 0. The fraction of sp³-hybridized carbons (Fsp3) is 0.125. The largest absolute Gasteiger partial charge is 0.344 e. The lowest BCUT2D eigenvalue weighted by atomic mass is 10.0. The van der Waals surface area contributed by atoms with Crippen LogP contribution in [0.4, 0.5) is 0 Å². The Morgan fingerprint density at radius 3 is 2.46 bits per heavy atom. The molecular weight excluding hydrogens is 316 g/mol. The van der Waals surface area contributed by atoms with Crippen LogP contribution in [0.1, 0.15) is 11.1 Å². The molecule has 26 heavy (non-hydrogen) atoms. The van der Waals surface area contributed by atoms with E-state index in [1.54, 1.807) is 0 Å². The van der Waals surface area contributed by atoms with Crippen LogP contribution in [0, 0.1) is 6.92 Å². The van der Waals surface area contributed by atoms with E-state index < -0.39 is 0 Å². The number of pyridine rings is 1. The fourth-order valence-electron chi connectivity index (χ4n) is 4.71.